The lowest BCUT2D eigenvalue weighted by Crippen LogP contribution is -2.30. The summed E-state index contributed by atoms with van der Waals surface area (Å²) in [6, 6.07) is 16.2. The highest BCUT2D eigenvalue weighted by molar-refractivity contribution is 8.00. The average Bonchev–Trinajstić information content (AvgIpc) is 3.49. The number of anilines is 2. The van der Waals surface area contributed by atoms with Crippen LogP contribution in [0.2, 0.25) is 0 Å². The number of fused-ring (bicyclic) bond motifs is 2. The van der Waals surface area contributed by atoms with Crippen LogP contribution in [0.3, 0.4) is 0 Å². The number of para-hydroxylation sites is 2. The second-order valence-corrected chi connectivity index (χ2v) is 8.94. The Labute approximate surface area is 172 Å². The number of amides is 1. The van der Waals surface area contributed by atoms with Crippen LogP contribution in [0.1, 0.15) is 31.5 Å². The van der Waals surface area contributed by atoms with Crippen LogP contribution in [-0.4, -0.2) is 26.4 Å². The predicted molar refractivity (Wildman–Crippen MR) is 113 cm³/mol. The molecule has 1 fully saturated rings. The third-order valence-electron chi connectivity index (χ3n) is 5.01. The number of carbonyl (C=O) groups excluding carboxylic acids is 1. The summed E-state index contributed by atoms with van der Waals surface area (Å²) in [5.74, 6) is 2.01. The first-order chi connectivity index (χ1) is 13.8. The Morgan fingerprint density at radius 3 is 2.32 bits per heavy atom. The zero-order chi connectivity index (χ0) is 19.1. The molecular weight excluding hydrogens is 388 g/mol. The quantitative estimate of drug-likeness (QED) is 0.550. The predicted octanol–water partition coefficient (Wildman–Crippen LogP) is 5.10. The molecule has 1 aliphatic carbocycles. The number of rotatable bonds is 5. The minimum absolute atomic E-state index is 0.0591. The lowest BCUT2D eigenvalue weighted by atomic mass is 10.2. The zero-order valence-corrected chi connectivity index (χ0v) is 17.2. The Morgan fingerprint density at radius 2 is 1.71 bits per heavy atom. The standard InChI is InChI=1S/C21H20N4OS2/c1-2-24-20(14-11-12-14)22-23-21(24)27-13-19(26)25-15-7-3-5-9-17(15)28-18-10-6-4-8-16(18)25/h3-10,14H,2,11-13H2,1H3. The highest BCUT2D eigenvalue weighted by atomic mass is 32.2. The van der Waals surface area contributed by atoms with Crippen molar-refractivity contribution in [1.82, 2.24) is 14.8 Å². The summed E-state index contributed by atoms with van der Waals surface area (Å²) in [5.41, 5.74) is 1.90. The van der Waals surface area contributed by atoms with E-state index in [1.54, 1.807) is 11.8 Å². The summed E-state index contributed by atoms with van der Waals surface area (Å²) in [6.07, 6.45) is 2.39. The molecule has 2 aromatic carbocycles. The largest absolute Gasteiger partial charge is 0.306 e. The Balaban J connectivity index is 1.42. The highest BCUT2D eigenvalue weighted by Crippen LogP contribution is 2.48. The fourth-order valence-corrected chi connectivity index (χ4v) is 5.43. The van der Waals surface area contributed by atoms with Gasteiger partial charge in [-0.25, -0.2) is 0 Å². The van der Waals surface area contributed by atoms with Gasteiger partial charge in [-0.3, -0.25) is 9.69 Å². The maximum atomic E-state index is 13.3. The van der Waals surface area contributed by atoms with Crippen LogP contribution in [0, 0.1) is 0 Å². The van der Waals surface area contributed by atoms with Crippen molar-refractivity contribution in [3.63, 3.8) is 0 Å². The number of thioether (sulfide) groups is 1. The van der Waals surface area contributed by atoms with Gasteiger partial charge in [0, 0.05) is 22.3 Å². The van der Waals surface area contributed by atoms with Gasteiger partial charge in [-0.1, -0.05) is 47.8 Å². The lowest BCUT2D eigenvalue weighted by molar-refractivity contribution is -0.115. The van der Waals surface area contributed by atoms with Crippen LogP contribution in [0.15, 0.2) is 63.5 Å². The molecule has 142 valence electrons. The topological polar surface area (TPSA) is 51.0 Å². The molecular formula is C21H20N4OS2. The normalized spacial score (nSPS) is 15.2. The molecule has 2 heterocycles. The summed E-state index contributed by atoms with van der Waals surface area (Å²) in [5, 5.41) is 9.57. The molecule has 0 atom stereocenters. The van der Waals surface area contributed by atoms with Gasteiger partial charge >= 0.3 is 0 Å². The van der Waals surface area contributed by atoms with Crippen molar-refractivity contribution in [2.24, 2.45) is 0 Å². The molecule has 1 aromatic heterocycles. The van der Waals surface area contributed by atoms with E-state index in [9.17, 15) is 4.79 Å². The van der Waals surface area contributed by atoms with Crippen LogP contribution in [0.5, 0.6) is 0 Å². The summed E-state index contributed by atoms with van der Waals surface area (Å²) in [4.78, 5) is 17.3. The van der Waals surface area contributed by atoms with E-state index in [4.69, 9.17) is 0 Å². The number of nitrogens with zero attached hydrogens (tertiary/aromatic N) is 4. The van der Waals surface area contributed by atoms with Gasteiger partial charge in [0.1, 0.15) is 5.82 Å². The van der Waals surface area contributed by atoms with Gasteiger partial charge in [0.15, 0.2) is 5.16 Å². The van der Waals surface area contributed by atoms with Crippen molar-refractivity contribution < 1.29 is 4.79 Å². The Morgan fingerprint density at radius 1 is 1.07 bits per heavy atom. The molecule has 0 spiro atoms. The van der Waals surface area contributed by atoms with E-state index < -0.39 is 0 Å². The summed E-state index contributed by atoms with van der Waals surface area (Å²) in [6.45, 7) is 2.94. The number of benzene rings is 2. The molecule has 2 aliphatic rings. The maximum absolute atomic E-state index is 13.3. The van der Waals surface area contributed by atoms with Gasteiger partial charge < -0.3 is 4.57 Å². The fraction of sp³-hybridized carbons (Fsp3) is 0.286. The van der Waals surface area contributed by atoms with E-state index in [1.165, 1.54) is 24.6 Å². The molecule has 5 rings (SSSR count). The van der Waals surface area contributed by atoms with Crippen molar-refractivity contribution in [2.45, 2.75) is 47.2 Å². The third kappa shape index (κ3) is 3.12. The Kier molecular flexibility index (Phi) is 4.64. The van der Waals surface area contributed by atoms with E-state index in [0.717, 1.165) is 38.7 Å². The molecule has 1 amide bonds. The highest BCUT2D eigenvalue weighted by Gasteiger charge is 2.31. The van der Waals surface area contributed by atoms with Gasteiger partial charge in [-0.2, -0.15) is 0 Å². The Hall–Kier alpha value is -2.25. The minimum atomic E-state index is 0.0591. The molecule has 0 radical (unpaired) electrons. The molecule has 1 aliphatic heterocycles. The first kappa shape index (κ1) is 17.8. The van der Waals surface area contributed by atoms with Crippen molar-refractivity contribution in [3.8, 4) is 0 Å². The number of aromatic nitrogens is 3. The fourth-order valence-electron chi connectivity index (χ4n) is 3.51. The van der Waals surface area contributed by atoms with Gasteiger partial charge in [0.2, 0.25) is 5.91 Å². The summed E-state index contributed by atoms with van der Waals surface area (Å²) < 4.78 is 2.16. The van der Waals surface area contributed by atoms with E-state index in [-0.39, 0.29) is 5.91 Å². The SMILES string of the molecule is CCn1c(SCC(=O)N2c3ccccc3Sc3ccccc32)nnc1C1CC1. The lowest BCUT2D eigenvalue weighted by Gasteiger charge is -2.30. The number of hydrogen-bond acceptors (Lipinski definition) is 5. The van der Waals surface area contributed by atoms with Crippen LogP contribution in [-0.2, 0) is 11.3 Å². The first-order valence-corrected chi connectivity index (χ1v) is 11.3. The number of hydrogen-bond donors (Lipinski definition) is 0. The summed E-state index contributed by atoms with van der Waals surface area (Å²) in [7, 11) is 0. The molecule has 28 heavy (non-hydrogen) atoms. The number of carbonyl (C=O) groups is 1. The van der Waals surface area contributed by atoms with Gasteiger partial charge in [0.05, 0.1) is 17.1 Å². The van der Waals surface area contributed by atoms with Crippen LogP contribution in [0.25, 0.3) is 0 Å². The first-order valence-electron chi connectivity index (χ1n) is 9.51. The van der Waals surface area contributed by atoms with Gasteiger partial charge in [0.25, 0.3) is 0 Å². The molecule has 1 saturated carbocycles. The average molecular weight is 409 g/mol. The van der Waals surface area contributed by atoms with E-state index >= 15 is 0 Å². The van der Waals surface area contributed by atoms with Crippen molar-refractivity contribution in [1.29, 1.82) is 0 Å². The maximum Gasteiger partial charge on any atom is 0.242 e. The molecule has 0 bridgehead atoms. The van der Waals surface area contributed by atoms with Gasteiger partial charge in [-0.15, -0.1) is 10.2 Å². The Bertz CT molecular complexity index is 999. The van der Waals surface area contributed by atoms with Crippen molar-refractivity contribution in [2.75, 3.05) is 10.7 Å². The second-order valence-electron chi connectivity index (χ2n) is 6.91. The van der Waals surface area contributed by atoms with Crippen LogP contribution < -0.4 is 4.90 Å². The molecule has 0 saturated heterocycles. The van der Waals surface area contributed by atoms with Crippen LogP contribution in [0.4, 0.5) is 11.4 Å². The molecule has 0 N–H and O–H groups in total. The van der Waals surface area contributed by atoms with E-state index in [2.05, 4.69) is 33.8 Å². The van der Waals surface area contributed by atoms with Gasteiger partial charge in [-0.05, 0) is 44.0 Å². The third-order valence-corrected chi connectivity index (χ3v) is 7.09. The van der Waals surface area contributed by atoms with E-state index in [0.29, 0.717) is 11.7 Å². The molecule has 0 unspecified atom stereocenters. The van der Waals surface area contributed by atoms with Crippen LogP contribution >= 0.6 is 23.5 Å². The summed E-state index contributed by atoms with van der Waals surface area (Å²) >= 11 is 3.19. The molecule has 3 aromatic rings. The minimum Gasteiger partial charge on any atom is -0.306 e. The van der Waals surface area contributed by atoms with Crippen molar-refractivity contribution >= 4 is 40.8 Å². The smallest absolute Gasteiger partial charge is 0.242 e. The molecule has 7 heteroatoms. The zero-order valence-electron chi connectivity index (χ0n) is 15.5. The van der Waals surface area contributed by atoms with E-state index in [1.807, 2.05) is 41.3 Å². The monoisotopic (exact) mass is 408 g/mol. The van der Waals surface area contributed by atoms with Crippen molar-refractivity contribution in [3.05, 3.63) is 54.4 Å². The molecule has 5 nitrogen and oxygen atoms in total. The second kappa shape index (κ2) is 7.29.